The number of benzene rings is 1. The van der Waals surface area contributed by atoms with Crippen molar-refractivity contribution in [2.45, 2.75) is 55.7 Å². The van der Waals surface area contributed by atoms with Crippen LogP contribution in [0.4, 0.5) is 10.8 Å². The highest BCUT2D eigenvalue weighted by Gasteiger charge is 2.29. The van der Waals surface area contributed by atoms with Crippen LogP contribution in [-0.2, 0) is 4.79 Å². The van der Waals surface area contributed by atoms with Crippen LogP contribution < -0.4 is 15.4 Å². The molecule has 0 bridgehead atoms. The minimum atomic E-state index is -0.212. The van der Waals surface area contributed by atoms with Gasteiger partial charge < -0.3 is 15.4 Å². The summed E-state index contributed by atoms with van der Waals surface area (Å²) in [5, 5.41) is 15.3. The van der Waals surface area contributed by atoms with Gasteiger partial charge in [0, 0.05) is 6.04 Å². The lowest BCUT2D eigenvalue weighted by atomic mass is 9.78. The molecule has 2 N–H and O–H groups in total. The largest absolute Gasteiger partial charge is 0.495 e. The van der Waals surface area contributed by atoms with E-state index < -0.39 is 0 Å². The third kappa shape index (κ3) is 5.17. The van der Waals surface area contributed by atoms with Gasteiger partial charge in [0.05, 0.1) is 18.0 Å². The summed E-state index contributed by atoms with van der Waals surface area (Å²) in [5.41, 5.74) is 0.837. The third-order valence-electron chi connectivity index (χ3n) is 5.44. The average Bonchev–Trinajstić information content (AvgIpc) is 3.12. The number of carbonyl (C=O) groups excluding carboxylic acids is 1. The molecule has 6 nitrogen and oxygen atoms in total. The summed E-state index contributed by atoms with van der Waals surface area (Å²) in [6, 6.07) is 7.94. The summed E-state index contributed by atoms with van der Waals surface area (Å²) in [6.45, 7) is 6.44. The van der Waals surface area contributed by atoms with Gasteiger partial charge in [-0.25, -0.2) is 0 Å². The molecule has 3 rings (SSSR count). The molecule has 1 aromatic heterocycles. The third-order valence-corrected chi connectivity index (χ3v) is 7.46. The van der Waals surface area contributed by atoms with E-state index in [1.54, 1.807) is 7.11 Å². The van der Waals surface area contributed by atoms with E-state index in [0.29, 0.717) is 17.0 Å². The van der Waals surface area contributed by atoms with Crippen LogP contribution in [0.15, 0.2) is 28.6 Å². The highest BCUT2D eigenvalue weighted by atomic mass is 32.2. The molecule has 28 heavy (non-hydrogen) atoms. The molecule has 1 heterocycles. The molecular formula is C20H28N4O2S2. The second kappa shape index (κ2) is 9.60. The van der Waals surface area contributed by atoms with Crippen LogP contribution in [0.2, 0.25) is 0 Å². The maximum atomic E-state index is 12.6. The standard InChI is InChI=1S/C20H28N4O2S2/c1-12-8-7-10-15(13(12)2)21-18(25)14(3)27-20-24-23-19(28-20)22-16-9-5-6-11-17(16)26-4/h5-6,9,11-15H,7-8,10H2,1-4H3,(H,21,25)(H,22,23)/t12-,13-,14+,15+/m0/s1. The van der Waals surface area contributed by atoms with E-state index in [2.05, 4.69) is 34.7 Å². The predicted octanol–water partition coefficient (Wildman–Crippen LogP) is 4.71. The van der Waals surface area contributed by atoms with Gasteiger partial charge in [-0.3, -0.25) is 4.79 Å². The van der Waals surface area contributed by atoms with Crippen molar-refractivity contribution in [2.75, 3.05) is 12.4 Å². The molecule has 152 valence electrons. The maximum absolute atomic E-state index is 12.6. The van der Waals surface area contributed by atoms with Gasteiger partial charge in [0.25, 0.3) is 0 Å². The molecule has 0 radical (unpaired) electrons. The Morgan fingerprint density at radius 1 is 1.29 bits per heavy atom. The molecule has 0 unspecified atom stereocenters. The van der Waals surface area contributed by atoms with E-state index in [0.717, 1.165) is 22.2 Å². The second-order valence-electron chi connectivity index (χ2n) is 7.34. The van der Waals surface area contributed by atoms with Gasteiger partial charge >= 0.3 is 0 Å². The lowest BCUT2D eigenvalue weighted by Gasteiger charge is -2.35. The Labute approximate surface area is 174 Å². The van der Waals surface area contributed by atoms with Crippen LogP contribution in [0.3, 0.4) is 0 Å². The number of nitrogens with one attached hydrogen (secondary N) is 2. The van der Waals surface area contributed by atoms with E-state index in [-0.39, 0.29) is 17.2 Å². The number of hydrogen-bond donors (Lipinski definition) is 2. The number of aromatic nitrogens is 2. The van der Waals surface area contributed by atoms with Crippen molar-refractivity contribution in [1.82, 2.24) is 15.5 Å². The number of thioether (sulfide) groups is 1. The van der Waals surface area contributed by atoms with Crippen LogP contribution in [0, 0.1) is 11.8 Å². The number of hydrogen-bond acceptors (Lipinski definition) is 7. The molecule has 2 aromatic rings. The molecule has 0 aliphatic heterocycles. The molecule has 1 saturated carbocycles. The van der Waals surface area contributed by atoms with Crippen LogP contribution in [0.1, 0.15) is 40.0 Å². The van der Waals surface area contributed by atoms with Crippen LogP contribution in [-0.4, -0.2) is 34.5 Å². The molecule has 4 atom stereocenters. The molecule has 1 amide bonds. The zero-order chi connectivity index (χ0) is 20.1. The Hall–Kier alpha value is -1.80. The number of methoxy groups -OCH3 is 1. The van der Waals surface area contributed by atoms with Crippen molar-refractivity contribution in [3.8, 4) is 5.75 Å². The smallest absolute Gasteiger partial charge is 0.233 e. The van der Waals surface area contributed by atoms with Crippen molar-refractivity contribution in [3.63, 3.8) is 0 Å². The number of ether oxygens (including phenoxy) is 1. The first-order valence-electron chi connectivity index (χ1n) is 9.68. The van der Waals surface area contributed by atoms with E-state index in [4.69, 9.17) is 4.74 Å². The van der Waals surface area contributed by atoms with Crippen molar-refractivity contribution in [1.29, 1.82) is 0 Å². The SMILES string of the molecule is COc1ccccc1Nc1nnc(S[C@H](C)C(=O)N[C@@H]2CCC[C@H](C)[C@@H]2C)s1. The van der Waals surface area contributed by atoms with Gasteiger partial charge in [0.1, 0.15) is 5.75 Å². The zero-order valence-corrected chi connectivity index (χ0v) is 18.4. The van der Waals surface area contributed by atoms with Gasteiger partial charge in [-0.15, -0.1) is 10.2 Å². The Kier molecular flexibility index (Phi) is 7.18. The predicted molar refractivity (Wildman–Crippen MR) is 116 cm³/mol. The normalized spacial score (nSPS) is 23.1. The summed E-state index contributed by atoms with van der Waals surface area (Å²) in [5.74, 6) is 2.00. The number of para-hydroxylation sites is 2. The molecule has 1 aromatic carbocycles. The molecular weight excluding hydrogens is 392 g/mol. The number of carbonyl (C=O) groups is 1. The summed E-state index contributed by atoms with van der Waals surface area (Å²) in [7, 11) is 1.64. The number of rotatable bonds is 7. The van der Waals surface area contributed by atoms with E-state index >= 15 is 0 Å². The quantitative estimate of drug-likeness (QED) is 0.632. The minimum absolute atomic E-state index is 0.0744. The Morgan fingerprint density at radius 2 is 2.07 bits per heavy atom. The fourth-order valence-corrected chi connectivity index (χ4v) is 5.38. The van der Waals surface area contributed by atoms with Gasteiger partial charge in [-0.2, -0.15) is 0 Å². The van der Waals surface area contributed by atoms with Crippen LogP contribution >= 0.6 is 23.1 Å². The second-order valence-corrected chi connectivity index (χ2v) is 9.91. The van der Waals surface area contributed by atoms with Crippen molar-refractivity contribution in [3.05, 3.63) is 24.3 Å². The Balaban J connectivity index is 1.56. The summed E-state index contributed by atoms with van der Waals surface area (Å²) >= 11 is 2.88. The number of amides is 1. The van der Waals surface area contributed by atoms with Gasteiger partial charge in [-0.05, 0) is 37.3 Å². The average molecular weight is 421 g/mol. The lowest BCUT2D eigenvalue weighted by molar-refractivity contribution is -0.121. The van der Waals surface area contributed by atoms with Crippen molar-refractivity contribution < 1.29 is 9.53 Å². The van der Waals surface area contributed by atoms with E-state index in [1.165, 1.54) is 35.9 Å². The number of anilines is 2. The first-order chi connectivity index (χ1) is 13.5. The van der Waals surface area contributed by atoms with Crippen LogP contribution in [0.5, 0.6) is 5.75 Å². The zero-order valence-electron chi connectivity index (χ0n) is 16.8. The fourth-order valence-electron chi connectivity index (χ4n) is 3.46. The molecule has 1 aliphatic rings. The topological polar surface area (TPSA) is 76.1 Å². The first-order valence-corrected chi connectivity index (χ1v) is 11.4. The Bertz CT molecular complexity index is 798. The van der Waals surface area contributed by atoms with E-state index in [9.17, 15) is 4.79 Å². The van der Waals surface area contributed by atoms with Gasteiger partial charge in [0.2, 0.25) is 11.0 Å². The van der Waals surface area contributed by atoms with Crippen molar-refractivity contribution in [2.24, 2.45) is 11.8 Å². The molecule has 0 spiro atoms. The maximum Gasteiger partial charge on any atom is 0.233 e. The molecule has 8 heteroatoms. The summed E-state index contributed by atoms with van der Waals surface area (Å²) < 4.78 is 6.11. The van der Waals surface area contributed by atoms with Crippen LogP contribution in [0.25, 0.3) is 0 Å². The molecule has 1 fully saturated rings. The highest BCUT2D eigenvalue weighted by molar-refractivity contribution is 8.02. The lowest BCUT2D eigenvalue weighted by Crippen LogP contribution is -2.46. The molecule has 1 aliphatic carbocycles. The van der Waals surface area contributed by atoms with Crippen molar-refractivity contribution >= 4 is 39.8 Å². The van der Waals surface area contributed by atoms with Gasteiger partial charge in [0.15, 0.2) is 4.34 Å². The fraction of sp³-hybridized carbons (Fsp3) is 0.550. The molecule has 0 saturated heterocycles. The highest BCUT2D eigenvalue weighted by Crippen LogP contribution is 2.34. The first kappa shape index (κ1) is 20.9. The Morgan fingerprint density at radius 3 is 2.86 bits per heavy atom. The van der Waals surface area contributed by atoms with Gasteiger partial charge in [-0.1, -0.05) is 61.9 Å². The van der Waals surface area contributed by atoms with E-state index in [1.807, 2.05) is 31.2 Å². The summed E-state index contributed by atoms with van der Waals surface area (Å²) in [4.78, 5) is 12.6. The summed E-state index contributed by atoms with van der Waals surface area (Å²) in [6.07, 6.45) is 3.51. The monoisotopic (exact) mass is 420 g/mol. The minimum Gasteiger partial charge on any atom is -0.495 e. The number of nitrogens with zero attached hydrogens (tertiary/aromatic N) is 2.